The number of carbonyl (C=O) groups excluding carboxylic acids is 1. The number of nitrogens with two attached hydrogens (primary N) is 1. The molecule has 0 aliphatic rings. The second-order valence-electron chi connectivity index (χ2n) is 4.24. The van der Waals surface area contributed by atoms with Crippen molar-refractivity contribution in [2.45, 2.75) is 11.3 Å². The van der Waals surface area contributed by atoms with Crippen LogP contribution in [0, 0.1) is 0 Å². The highest BCUT2D eigenvalue weighted by molar-refractivity contribution is 7.99. The number of carbonyl (C=O) groups is 1. The third-order valence-corrected chi connectivity index (χ3v) is 3.77. The fraction of sp³-hybridized carbons (Fsp3) is 0.200. The van der Waals surface area contributed by atoms with Crippen molar-refractivity contribution in [3.8, 4) is 0 Å². The zero-order valence-electron chi connectivity index (χ0n) is 11.1. The Morgan fingerprint density at radius 2 is 2.05 bits per heavy atom. The van der Waals surface area contributed by atoms with E-state index in [0.29, 0.717) is 0 Å². The van der Waals surface area contributed by atoms with E-state index in [-0.39, 0.29) is 5.69 Å². The van der Waals surface area contributed by atoms with Crippen molar-refractivity contribution in [1.82, 2.24) is 4.98 Å². The van der Waals surface area contributed by atoms with Crippen LogP contribution in [0.2, 0.25) is 0 Å². The van der Waals surface area contributed by atoms with Gasteiger partial charge in [0, 0.05) is 23.3 Å². The number of anilines is 1. The summed E-state index contributed by atoms with van der Waals surface area (Å²) in [7, 11) is 0. The lowest BCUT2D eigenvalue weighted by molar-refractivity contribution is 0.0995. The number of amides is 1. The monoisotopic (exact) mass is 287 g/mol. The Bertz CT molecular complexity index is 560. The molecule has 2 rings (SSSR count). The smallest absolute Gasteiger partial charge is 0.267 e. The molecule has 0 saturated carbocycles. The van der Waals surface area contributed by atoms with Gasteiger partial charge in [0.1, 0.15) is 5.69 Å². The lowest BCUT2D eigenvalue weighted by Crippen LogP contribution is -2.13. The summed E-state index contributed by atoms with van der Waals surface area (Å²) in [6.07, 6.45) is 2.62. The van der Waals surface area contributed by atoms with Gasteiger partial charge in [-0.1, -0.05) is 18.2 Å². The molecule has 0 fully saturated rings. The van der Waals surface area contributed by atoms with E-state index >= 15 is 0 Å². The van der Waals surface area contributed by atoms with Crippen LogP contribution in [0.1, 0.15) is 16.9 Å². The first-order valence-electron chi connectivity index (χ1n) is 6.43. The predicted molar refractivity (Wildman–Crippen MR) is 83.0 cm³/mol. The first-order chi connectivity index (χ1) is 9.75. The van der Waals surface area contributed by atoms with Crippen molar-refractivity contribution < 1.29 is 4.79 Å². The fourth-order valence-corrected chi connectivity index (χ4v) is 2.56. The van der Waals surface area contributed by atoms with Gasteiger partial charge in [0.25, 0.3) is 5.91 Å². The number of hydrogen-bond acceptors (Lipinski definition) is 4. The number of hydrogen-bond donors (Lipinski definition) is 2. The normalized spacial score (nSPS) is 10.2. The molecule has 0 unspecified atom stereocenters. The van der Waals surface area contributed by atoms with E-state index in [2.05, 4.69) is 22.4 Å². The van der Waals surface area contributed by atoms with Crippen LogP contribution in [0.5, 0.6) is 0 Å². The Balaban J connectivity index is 1.71. The third-order valence-electron chi connectivity index (χ3n) is 2.67. The van der Waals surface area contributed by atoms with Gasteiger partial charge in [0.15, 0.2) is 0 Å². The number of thioether (sulfide) groups is 1. The van der Waals surface area contributed by atoms with Gasteiger partial charge in [-0.2, -0.15) is 0 Å². The summed E-state index contributed by atoms with van der Waals surface area (Å²) in [5, 5.41) is 3.27. The fourth-order valence-electron chi connectivity index (χ4n) is 1.69. The van der Waals surface area contributed by atoms with Gasteiger partial charge in [-0.3, -0.25) is 9.78 Å². The topological polar surface area (TPSA) is 68.0 Å². The minimum atomic E-state index is -0.506. The average molecular weight is 287 g/mol. The maximum absolute atomic E-state index is 11.0. The lowest BCUT2D eigenvalue weighted by atomic mass is 10.3. The standard InChI is InChI=1S/C15H17N3OS/c16-15(19)14-11-12(7-9-18-14)17-8-4-10-20-13-5-2-1-3-6-13/h1-3,5-7,9,11H,4,8,10H2,(H2,16,19)(H,17,18). The van der Waals surface area contributed by atoms with Crippen molar-refractivity contribution in [2.75, 3.05) is 17.6 Å². The van der Waals surface area contributed by atoms with Crippen LogP contribution in [-0.4, -0.2) is 23.2 Å². The highest BCUT2D eigenvalue weighted by Gasteiger charge is 2.02. The van der Waals surface area contributed by atoms with Crippen LogP contribution < -0.4 is 11.1 Å². The first-order valence-corrected chi connectivity index (χ1v) is 7.42. The summed E-state index contributed by atoms with van der Waals surface area (Å²) in [5.41, 5.74) is 6.35. The number of rotatable bonds is 7. The molecule has 5 heteroatoms. The van der Waals surface area contributed by atoms with E-state index in [1.165, 1.54) is 4.90 Å². The molecule has 0 spiro atoms. The van der Waals surface area contributed by atoms with Crippen molar-refractivity contribution in [2.24, 2.45) is 5.73 Å². The second kappa shape index (κ2) is 7.55. The van der Waals surface area contributed by atoms with Crippen molar-refractivity contribution in [3.05, 3.63) is 54.4 Å². The van der Waals surface area contributed by atoms with E-state index in [0.717, 1.165) is 24.4 Å². The minimum Gasteiger partial charge on any atom is -0.385 e. The number of nitrogens with zero attached hydrogens (tertiary/aromatic N) is 1. The van der Waals surface area contributed by atoms with Crippen molar-refractivity contribution in [1.29, 1.82) is 0 Å². The summed E-state index contributed by atoms with van der Waals surface area (Å²) >= 11 is 1.84. The summed E-state index contributed by atoms with van der Waals surface area (Å²) < 4.78 is 0. The Hall–Kier alpha value is -2.01. The molecule has 4 nitrogen and oxygen atoms in total. The van der Waals surface area contributed by atoms with Gasteiger partial charge >= 0.3 is 0 Å². The first kappa shape index (κ1) is 14.4. The molecule has 0 saturated heterocycles. The quantitative estimate of drug-likeness (QED) is 0.607. The summed E-state index contributed by atoms with van der Waals surface area (Å²) in [5.74, 6) is 0.540. The molecule has 0 aliphatic carbocycles. The maximum atomic E-state index is 11.0. The molecule has 2 aromatic rings. The molecular formula is C15H17N3OS. The number of primary amides is 1. The molecule has 1 aromatic carbocycles. The number of aromatic nitrogens is 1. The summed E-state index contributed by atoms with van der Waals surface area (Å²) in [4.78, 5) is 16.2. The third kappa shape index (κ3) is 4.59. The molecule has 3 N–H and O–H groups in total. The molecule has 1 aromatic heterocycles. The summed E-state index contributed by atoms with van der Waals surface area (Å²) in [6, 6.07) is 13.8. The van der Waals surface area contributed by atoms with E-state index in [4.69, 9.17) is 5.73 Å². The van der Waals surface area contributed by atoms with Crippen molar-refractivity contribution in [3.63, 3.8) is 0 Å². The van der Waals surface area contributed by atoms with Crippen molar-refractivity contribution >= 4 is 23.4 Å². The second-order valence-corrected chi connectivity index (χ2v) is 5.40. The van der Waals surface area contributed by atoms with E-state index < -0.39 is 5.91 Å². The van der Waals surface area contributed by atoms with E-state index in [9.17, 15) is 4.79 Å². The van der Waals surface area contributed by atoms with E-state index in [1.54, 1.807) is 12.3 Å². The molecule has 104 valence electrons. The van der Waals surface area contributed by atoms with Crippen LogP contribution in [0.3, 0.4) is 0 Å². The Morgan fingerprint density at radius 1 is 1.25 bits per heavy atom. The highest BCUT2D eigenvalue weighted by atomic mass is 32.2. The largest absolute Gasteiger partial charge is 0.385 e. The molecule has 0 aliphatic heterocycles. The zero-order chi connectivity index (χ0) is 14.2. The SMILES string of the molecule is NC(=O)c1cc(NCCCSc2ccccc2)ccn1. The van der Waals surface area contributed by atoms with Crippen LogP contribution >= 0.6 is 11.8 Å². The molecule has 0 bridgehead atoms. The van der Waals surface area contributed by atoms with Gasteiger partial charge < -0.3 is 11.1 Å². The van der Waals surface area contributed by atoms with Gasteiger partial charge in [-0.25, -0.2) is 0 Å². The molecule has 0 radical (unpaired) electrons. The molecule has 1 heterocycles. The number of pyridine rings is 1. The van der Waals surface area contributed by atoms with Gasteiger partial charge in [-0.05, 0) is 36.4 Å². The van der Waals surface area contributed by atoms with Crippen LogP contribution in [0.25, 0.3) is 0 Å². The zero-order valence-corrected chi connectivity index (χ0v) is 11.9. The minimum absolute atomic E-state index is 0.286. The van der Waals surface area contributed by atoms with Crippen LogP contribution in [0.15, 0.2) is 53.6 Å². The summed E-state index contributed by atoms with van der Waals surface area (Å²) in [6.45, 7) is 0.849. The van der Waals surface area contributed by atoms with Gasteiger partial charge in [0.05, 0.1) is 0 Å². The predicted octanol–water partition coefficient (Wildman–Crippen LogP) is 2.77. The Labute approximate surface area is 122 Å². The molecule has 0 atom stereocenters. The maximum Gasteiger partial charge on any atom is 0.267 e. The molecule has 20 heavy (non-hydrogen) atoms. The Kier molecular flexibility index (Phi) is 5.43. The van der Waals surface area contributed by atoms with E-state index in [1.807, 2.05) is 36.0 Å². The van der Waals surface area contributed by atoms with Gasteiger partial charge in [-0.15, -0.1) is 11.8 Å². The lowest BCUT2D eigenvalue weighted by Gasteiger charge is -2.07. The Morgan fingerprint density at radius 3 is 2.80 bits per heavy atom. The highest BCUT2D eigenvalue weighted by Crippen LogP contribution is 2.17. The number of nitrogens with one attached hydrogen (secondary N) is 1. The molecule has 1 amide bonds. The average Bonchev–Trinajstić information content (AvgIpc) is 2.48. The van der Waals surface area contributed by atoms with Crippen LogP contribution in [-0.2, 0) is 0 Å². The number of benzene rings is 1. The van der Waals surface area contributed by atoms with Crippen LogP contribution in [0.4, 0.5) is 5.69 Å². The molecular weight excluding hydrogens is 270 g/mol. The van der Waals surface area contributed by atoms with Gasteiger partial charge in [0.2, 0.25) is 0 Å².